The van der Waals surface area contributed by atoms with Gasteiger partial charge in [0.25, 0.3) is 0 Å². The van der Waals surface area contributed by atoms with Crippen molar-refractivity contribution in [3.8, 4) is 0 Å². The van der Waals surface area contributed by atoms with Crippen molar-refractivity contribution in [3.05, 3.63) is 11.8 Å². The maximum Gasteiger partial charge on any atom is 0.245 e. The number of morpholine rings is 1. The van der Waals surface area contributed by atoms with Gasteiger partial charge in [-0.25, -0.2) is 0 Å². The van der Waals surface area contributed by atoms with Crippen LogP contribution in [-0.4, -0.2) is 67.8 Å². The van der Waals surface area contributed by atoms with Gasteiger partial charge in [-0.15, -0.1) is 0 Å². The quantitative estimate of drug-likeness (QED) is 0.671. The first kappa shape index (κ1) is 16.9. The van der Waals surface area contributed by atoms with Crippen LogP contribution < -0.4 is 10.2 Å². The predicted molar refractivity (Wildman–Crippen MR) is 85.6 cm³/mol. The number of rotatable bonds is 7. The summed E-state index contributed by atoms with van der Waals surface area (Å²) in [6.07, 6.45) is 1.87. The van der Waals surface area contributed by atoms with E-state index in [4.69, 9.17) is 9.26 Å². The van der Waals surface area contributed by atoms with Crippen LogP contribution in [0.25, 0.3) is 0 Å². The average Bonchev–Trinajstić information content (AvgIpc) is 3.35. The van der Waals surface area contributed by atoms with Gasteiger partial charge >= 0.3 is 0 Å². The lowest BCUT2D eigenvalue weighted by Crippen LogP contribution is -3.14. The minimum Gasteiger partial charge on any atom is -0.370 e. The van der Waals surface area contributed by atoms with Gasteiger partial charge in [-0.2, -0.15) is 0 Å². The molecule has 2 fully saturated rings. The number of nitrogens with zero attached hydrogens (tertiary/aromatic N) is 2. The van der Waals surface area contributed by atoms with E-state index in [0.29, 0.717) is 18.1 Å². The zero-order valence-corrected chi connectivity index (χ0v) is 14.0. The number of ether oxygens (including phenoxy) is 1. The molecular weight excluding hydrogens is 312 g/mol. The first-order chi connectivity index (χ1) is 11.6. The number of hydrogen-bond acceptors (Lipinski definition) is 5. The molecule has 3 rings (SSSR count). The molecule has 0 bridgehead atoms. The van der Waals surface area contributed by atoms with Crippen molar-refractivity contribution >= 4 is 17.6 Å². The third-order valence-corrected chi connectivity index (χ3v) is 4.40. The van der Waals surface area contributed by atoms with E-state index in [9.17, 15) is 9.59 Å². The second-order valence-electron chi connectivity index (χ2n) is 6.52. The van der Waals surface area contributed by atoms with Crippen LogP contribution in [0.2, 0.25) is 0 Å². The van der Waals surface area contributed by atoms with Crippen molar-refractivity contribution in [3.63, 3.8) is 0 Å². The Bertz CT molecular complexity index is 578. The molecule has 1 aromatic rings. The summed E-state index contributed by atoms with van der Waals surface area (Å²) in [5, 5.41) is 6.43. The second kappa shape index (κ2) is 7.76. The first-order valence-corrected chi connectivity index (χ1v) is 8.55. The molecular formula is C16H25N4O4+. The van der Waals surface area contributed by atoms with E-state index >= 15 is 0 Å². The lowest BCUT2D eigenvalue weighted by Gasteiger charge is -2.27. The number of anilines is 1. The molecule has 1 saturated heterocycles. The van der Waals surface area contributed by atoms with E-state index < -0.39 is 0 Å². The highest BCUT2D eigenvalue weighted by molar-refractivity contribution is 5.94. The fraction of sp³-hybridized carbons (Fsp3) is 0.688. The van der Waals surface area contributed by atoms with E-state index in [2.05, 4.69) is 10.5 Å². The fourth-order valence-electron chi connectivity index (χ4n) is 2.84. The smallest absolute Gasteiger partial charge is 0.245 e. The molecule has 0 aromatic carbocycles. The van der Waals surface area contributed by atoms with Crippen LogP contribution in [0.15, 0.2) is 10.6 Å². The summed E-state index contributed by atoms with van der Waals surface area (Å²) in [5.74, 6) is 0.970. The molecule has 0 unspecified atom stereocenters. The number of quaternary nitrogens is 1. The number of amides is 2. The number of carbonyl (C=O) groups is 2. The number of carbonyl (C=O) groups excluding carboxylic acids is 2. The van der Waals surface area contributed by atoms with E-state index in [-0.39, 0.29) is 24.3 Å². The van der Waals surface area contributed by atoms with Gasteiger partial charge in [-0.1, -0.05) is 5.16 Å². The summed E-state index contributed by atoms with van der Waals surface area (Å²) in [6, 6.07) is 1.66. The molecule has 8 nitrogen and oxygen atoms in total. The van der Waals surface area contributed by atoms with Gasteiger partial charge in [0.15, 0.2) is 5.82 Å². The molecule has 2 N–H and O–H groups in total. The van der Waals surface area contributed by atoms with Crippen LogP contribution >= 0.6 is 0 Å². The highest BCUT2D eigenvalue weighted by Crippen LogP contribution is 2.30. The number of aryl methyl sites for hydroxylation is 1. The Morgan fingerprint density at radius 3 is 2.75 bits per heavy atom. The van der Waals surface area contributed by atoms with Crippen LogP contribution in [0.1, 0.15) is 18.6 Å². The summed E-state index contributed by atoms with van der Waals surface area (Å²) in [7, 11) is 0. The van der Waals surface area contributed by atoms with Crippen molar-refractivity contribution < 1.29 is 23.7 Å². The van der Waals surface area contributed by atoms with Crippen molar-refractivity contribution in [2.45, 2.75) is 19.8 Å². The Morgan fingerprint density at radius 1 is 1.38 bits per heavy atom. The molecule has 8 heteroatoms. The Labute approximate surface area is 141 Å². The van der Waals surface area contributed by atoms with Gasteiger partial charge in [0.05, 0.1) is 26.3 Å². The molecule has 0 atom stereocenters. The molecule has 1 saturated carbocycles. The van der Waals surface area contributed by atoms with Crippen molar-refractivity contribution in [1.82, 2.24) is 10.1 Å². The summed E-state index contributed by atoms with van der Waals surface area (Å²) >= 11 is 0. The van der Waals surface area contributed by atoms with Crippen LogP contribution in [0.5, 0.6) is 0 Å². The van der Waals surface area contributed by atoms with E-state index in [1.54, 1.807) is 17.9 Å². The molecule has 2 heterocycles. The van der Waals surface area contributed by atoms with E-state index in [1.807, 2.05) is 0 Å². The summed E-state index contributed by atoms with van der Waals surface area (Å²) in [6.45, 7) is 6.69. The first-order valence-electron chi connectivity index (χ1n) is 8.55. The lowest BCUT2D eigenvalue weighted by molar-refractivity contribution is -0.907. The standard InChI is InChI=1S/C16H24N4O4/c1-12-10-14(18-24-12)17-15(21)11-20(16(22)13-2-3-13)5-4-19-6-8-23-9-7-19/h10,13H,2-9,11H2,1H3,(H,17,18,21)/p+1. The summed E-state index contributed by atoms with van der Waals surface area (Å²) in [4.78, 5) is 27.8. The normalized spacial score (nSPS) is 18.4. The van der Waals surface area contributed by atoms with Crippen molar-refractivity contribution in [2.24, 2.45) is 5.92 Å². The molecule has 132 valence electrons. The minimum atomic E-state index is -0.241. The maximum absolute atomic E-state index is 12.4. The van der Waals surface area contributed by atoms with Gasteiger partial charge in [0.2, 0.25) is 11.8 Å². The topological polar surface area (TPSA) is 89.1 Å². The summed E-state index contributed by atoms with van der Waals surface area (Å²) < 4.78 is 10.3. The SMILES string of the molecule is Cc1cc(NC(=O)CN(CC[NH+]2CCOCC2)C(=O)C2CC2)no1. The fourth-order valence-corrected chi connectivity index (χ4v) is 2.84. The Balaban J connectivity index is 1.52. The average molecular weight is 337 g/mol. The Morgan fingerprint density at radius 2 is 2.12 bits per heavy atom. The highest BCUT2D eigenvalue weighted by atomic mass is 16.5. The number of aromatic nitrogens is 1. The third kappa shape index (κ3) is 4.78. The van der Waals surface area contributed by atoms with Crippen molar-refractivity contribution in [1.29, 1.82) is 0 Å². The van der Waals surface area contributed by atoms with Crippen molar-refractivity contribution in [2.75, 3.05) is 51.3 Å². The third-order valence-electron chi connectivity index (χ3n) is 4.40. The lowest BCUT2D eigenvalue weighted by atomic mass is 10.3. The van der Waals surface area contributed by atoms with Crippen LogP contribution in [0.3, 0.4) is 0 Å². The maximum atomic E-state index is 12.4. The zero-order chi connectivity index (χ0) is 16.9. The molecule has 0 spiro atoms. The predicted octanol–water partition coefficient (Wildman–Crippen LogP) is -0.925. The van der Waals surface area contributed by atoms with E-state index in [1.165, 1.54) is 4.90 Å². The largest absolute Gasteiger partial charge is 0.370 e. The van der Waals surface area contributed by atoms with Crippen LogP contribution in [0.4, 0.5) is 5.82 Å². The molecule has 24 heavy (non-hydrogen) atoms. The molecule has 1 aliphatic heterocycles. The van der Waals surface area contributed by atoms with Gasteiger partial charge in [0, 0.05) is 12.0 Å². The Hall–Kier alpha value is -1.93. The number of nitrogens with one attached hydrogen (secondary N) is 2. The van der Waals surface area contributed by atoms with Gasteiger partial charge in [-0.05, 0) is 19.8 Å². The minimum absolute atomic E-state index is 0.0605. The molecule has 1 aromatic heterocycles. The van der Waals surface area contributed by atoms with Crippen LogP contribution in [-0.2, 0) is 14.3 Å². The number of hydrogen-bond donors (Lipinski definition) is 2. The van der Waals surface area contributed by atoms with Gasteiger partial charge < -0.3 is 24.4 Å². The molecule has 0 radical (unpaired) electrons. The molecule has 2 aliphatic rings. The summed E-state index contributed by atoms with van der Waals surface area (Å²) in [5.41, 5.74) is 0. The molecule has 2 amide bonds. The van der Waals surface area contributed by atoms with Gasteiger partial charge in [-0.3, -0.25) is 9.59 Å². The van der Waals surface area contributed by atoms with Crippen LogP contribution in [0, 0.1) is 12.8 Å². The monoisotopic (exact) mass is 337 g/mol. The highest BCUT2D eigenvalue weighted by Gasteiger charge is 2.34. The zero-order valence-electron chi connectivity index (χ0n) is 14.0. The Kier molecular flexibility index (Phi) is 5.47. The molecule has 1 aliphatic carbocycles. The second-order valence-corrected chi connectivity index (χ2v) is 6.52. The van der Waals surface area contributed by atoms with E-state index in [0.717, 1.165) is 45.7 Å². The van der Waals surface area contributed by atoms with Gasteiger partial charge in [0.1, 0.15) is 25.4 Å².